The molecule has 0 aliphatic rings. The van der Waals surface area contributed by atoms with Crippen molar-refractivity contribution in [1.29, 1.82) is 0 Å². The monoisotopic (exact) mass is 338 g/mol. The van der Waals surface area contributed by atoms with Crippen LogP contribution in [0.4, 0.5) is 0 Å². The van der Waals surface area contributed by atoms with E-state index in [4.69, 9.17) is 0 Å². The zero-order valence-corrected chi connectivity index (χ0v) is 11.5. The standard InChI is InChI=1S/C13H8Br2O/c14-11-8-4-7-10(12(11)15)13(16)9-5-2-1-3-6-9/h1-8H. The summed E-state index contributed by atoms with van der Waals surface area (Å²) in [6, 6.07) is 14.8. The minimum Gasteiger partial charge on any atom is -0.289 e. The molecule has 0 unspecified atom stereocenters. The van der Waals surface area contributed by atoms with Gasteiger partial charge in [-0.05, 0) is 44.0 Å². The number of hydrogen-bond donors (Lipinski definition) is 0. The van der Waals surface area contributed by atoms with Crippen LogP contribution in [0.1, 0.15) is 15.9 Å². The maximum Gasteiger partial charge on any atom is 0.194 e. The van der Waals surface area contributed by atoms with Crippen LogP contribution >= 0.6 is 31.9 Å². The van der Waals surface area contributed by atoms with Crippen LogP contribution in [0.15, 0.2) is 57.5 Å². The van der Waals surface area contributed by atoms with E-state index in [1.165, 1.54) is 0 Å². The van der Waals surface area contributed by atoms with Crippen LogP contribution in [0.3, 0.4) is 0 Å². The fourth-order valence-electron chi connectivity index (χ4n) is 1.42. The highest BCUT2D eigenvalue weighted by atomic mass is 79.9. The predicted molar refractivity (Wildman–Crippen MR) is 71.7 cm³/mol. The van der Waals surface area contributed by atoms with Gasteiger partial charge in [0.05, 0.1) is 0 Å². The molecule has 0 N–H and O–H groups in total. The minimum absolute atomic E-state index is 0.0220. The summed E-state index contributed by atoms with van der Waals surface area (Å²) in [4.78, 5) is 12.2. The molecule has 0 aromatic heterocycles. The van der Waals surface area contributed by atoms with Gasteiger partial charge in [0.2, 0.25) is 0 Å². The largest absolute Gasteiger partial charge is 0.289 e. The van der Waals surface area contributed by atoms with Gasteiger partial charge in [0, 0.05) is 20.1 Å². The third kappa shape index (κ3) is 2.25. The smallest absolute Gasteiger partial charge is 0.194 e. The van der Waals surface area contributed by atoms with Crippen LogP contribution in [0.2, 0.25) is 0 Å². The third-order valence-corrected chi connectivity index (χ3v) is 4.28. The number of halogens is 2. The Bertz CT molecular complexity index is 521. The Kier molecular flexibility index (Phi) is 3.56. The molecule has 3 heteroatoms. The average Bonchev–Trinajstić information content (AvgIpc) is 2.33. The summed E-state index contributed by atoms with van der Waals surface area (Å²) in [5.41, 5.74) is 1.36. The van der Waals surface area contributed by atoms with Crippen LogP contribution in [0.25, 0.3) is 0 Å². The number of carbonyl (C=O) groups is 1. The van der Waals surface area contributed by atoms with Crippen LogP contribution < -0.4 is 0 Å². The fourth-order valence-corrected chi connectivity index (χ4v) is 2.23. The maximum absolute atomic E-state index is 12.2. The molecule has 0 spiro atoms. The van der Waals surface area contributed by atoms with E-state index in [1.807, 2.05) is 48.5 Å². The van der Waals surface area contributed by atoms with E-state index in [0.717, 1.165) is 8.95 Å². The van der Waals surface area contributed by atoms with Gasteiger partial charge in [-0.3, -0.25) is 4.79 Å². The van der Waals surface area contributed by atoms with Crippen LogP contribution in [0, 0.1) is 0 Å². The van der Waals surface area contributed by atoms with Gasteiger partial charge in [0.25, 0.3) is 0 Å². The molecule has 80 valence electrons. The van der Waals surface area contributed by atoms with Gasteiger partial charge in [0.1, 0.15) is 0 Å². The van der Waals surface area contributed by atoms with Crippen LogP contribution in [-0.4, -0.2) is 5.78 Å². The van der Waals surface area contributed by atoms with Gasteiger partial charge in [-0.2, -0.15) is 0 Å². The van der Waals surface area contributed by atoms with Crippen LogP contribution in [0.5, 0.6) is 0 Å². The maximum atomic E-state index is 12.2. The summed E-state index contributed by atoms with van der Waals surface area (Å²) in [7, 11) is 0. The third-order valence-electron chi connectivity index (χ3n) is 2.23. The second-order valence-corrected chi connectivity index (χ2v) is 4.94. The van der Waals surface area contributed by atoms with Crippen molar-refractivity contribution in [1.82, 2.24) is 0 Å². The van der Waals surface area contributed by atoms with Gasteiger partial charge in [-0.1, -0.05) is 36.4 Å². The van der Waals surface area contributed by atoms with Crippen LogP contribution in [-0.2, 0) is 0 Å². The van der Waals surface area contributed by atoms with Crippen molar-refractivity contribution in [2.45, 2.75) is 0 Å². The molecule has 0 amide bonds. The number of carbonyl (C=O) groups excluding carboxylic acids is 1. The van der Waals surface area contributed by atoms with E-state index in [-0.39, 0.29) is 5.78 Å². The lowest BCUT2D eigenvalue weighted by Gasteiger charge is -2.05. The first-order chi connectivity index (χ1) is 7.70. The molecule has 0 heterocycles. The molecule has 0 saturated heterocycles. The van der Waals surface area contributed by atoms with E-state index < -0.39 is 0 Å². The Labute approximate surface area is 111 Å². The molecule has 2 aromatic rings. The van der Waals surface area contributed by atoms with Crippen molar-refractivity contribution in [2.75, 3.05) is 0 Å². The zero-order valence-electron chi connectivity index (χ0n) is 8.28. The molecule has 0 aliphatic carbocycles. The summed E-state index contributed by atoms with van der Waals surface area (Å²) >= 11 is 6.80. The lowest BCUT2D eigenvalue weighted by molar-refractivity contribution is 0.103. The van der Waals surface area contributed by atoms with Crippen molar-refractivity contribution in [3.05, 3.63) is 68.6 Å². The second-order valence-electron chi connectivity index (χ2n) is 3.30. The number of rotatable bonds is 2. The molecule has 16 heavy (non-hydrogen) atoms. The molecule has 2 aromatic carbocycles. The predicted octanol–water partition coefficient (Wildman–Crippen LogP) is 4.44. The Balaban J connectivity index is 2.46. The highest BCUT2D eigenvalue weighted by Crippen LogP contribution is 2.28. The summed E-state index contributed by atoms with van der Waals surface area (Å²) < 4.78 is 1.68. The normalized spacial score (nSPS) is 10.1. The number of benzene rings is 2. The molecule has 0 aliphatic heterocycles. The van der Waals surface area contributed by atoms with E-state index in [9.17, 15) is 4.79 Å². The molecule has 2 rings (SSSR count). The Morgan fingerprint density at radius 1 is 0.875 bits per heavy atom. The quantitative estimate of drug-likeness (QED) is 0.739. The SMILES string of the molecule is O=C(c1ccccc1)c1cccc(Br)c1Br. The first kappa shape index (κ1) is 11.6. The fraction of sp³-hybridized carbons (Fsp3) is 0. The van der Waals surface area contributed by atoms with Gasteiger partial charge >= 0.3 is 0 Å². The summed E-state index contributed by atoms with van der Waals surface area (Å²) in [5.74, 6) is 0.0220. The van der Waals surface area contributed by atoms with Gasteiger partial charge in [0.15, 0.2) is 5.78 Å². The second kappa shape index (κ2) is 4.93. The molecule has 0 bridgehead atoms. The Hall–Kier alpha value is -0.930. The molecule has 0 atom stereocenters. The first-order valence-corrected chi connectivity index (χ1v) is 6.32. The summed E-state index contributed by atoms with van der Waals surface area (Å²) in [6.45, 7) is 0. The Morgan fingerprint density at radius 3 is 2.25 bits per heavy atom. The average molecular weight is 340 g/mol. The lowest BCUT2D eigenvalue weighted by atomic mass is 10.0. The van der Waals surface area contributed by atoms with Crippen molar-refractivity contribution in [3.8, 4) is 0 Å². The molecule has 0 fully saturated rings. The molecule has 0 radical (unpaired) electrons. The number of ketones is 1. The van der Waals surface area contributed by atoms with E-state index in [2.05, 4.69) is 31.9 Å². The van der Waals surface area contributed by atoms with Gasteiger partial charge < -0.3 is 0 Å². The minimum atomic E-state index is 0.0220. The number of hydrogen-bond acceptors (Lipinski definition) is 1. The van der Waals surface area contributed by atoms with Crippen molar-refractivity contribution >= 4 is 37.6 Å². The van der Waals surface area contributed by atoms with E-state index in [0.29, 0.717) is 11.1 Å². The van der Waals surface area contributed by atoms with Gasteiger partial charge in [-0.25, -0.2) is 0 Å². The summed E-state index contributed by atoms with van der Waals surface area (Å²) in [5, 5.41) is 0. The van der Waals surface area contributed by atoms with Crippen molar-refractivity contribution < 1.29 is 4.79 Å². The molecule has 0 saturated carbocycles. The Morgan fingerprint density at radius 2 is 1.56 bits per heavy atom. The first-order valence-electron chi connectivity index (χ1n) is 4.74. The van der Waals surface area contributed by atoms with E-state index in [1.54, 1.807) is 0 Å². The zero-order chi connectivity index (χ0) is 11.5. The highest BCUT2D eigenvalue weighted by molar-refractivity contribution is 9.13. The van der Waals surface area contributed by atoms with Crippen molar-refractivity contribution in [3.63, 3.8) is 0 Å². The molecule has 1 nitrogen and oxygen atoms in total. The van der Waals surface area contributed by atoms with E-state index >= 15 is 0 Å². The lowest BCUT2D eigenvalue weighted by Crippen LogP contribution is -2.02. The molecular weight excluding hydrogens is 332 g/mol. The van der Waals surface area contributed by atoms with Crippen molar-refractivity contribution in [2.24, 2.45) is 0 Å². The van der Waals surface area contributed by atoms with Gasteiger partial charge in [-0.15, -0.1) is 0 Å². The highest BCUT2D eigenvalue weighted by Gasteiger charge is 2.13. The molecular formula is C13H8Br2O. The topological polar surface area (TPSA) is 17.1 Å². The summed E-state index contributed by atoms with van der Waals surface area (Å²) in [6.07, 6.45) is 0.